The van der Waals surface area contributed by atoms with Gasteiger partial charge in [0.05, 0.1) is 6.67 Å². The molecule has 0 aliphatic heterocycles. The van der Waals surface area contributed by atoms with Crippen molar-refractivity contribution in [3.63, 3.8) is 0 Å². The van der Waals surface area contributed by atoms with Crippen LogP contribution in [0.3, 0.4) is 0 Å². The molecular formula is C28H40FN3O2. The number of allylic oxidation sites excluding steroid dienone is 5. The van der Waals surface area contributed by atoms with Crippen LogP contribution in [0.15, 0.2) is 48.6 Å². The molecule has 2 atom stereocenters. The van der Waals surface area contributed by atoms with E-state index in [1.165, 1.54) is 0 Å². The van der Waals surface area contributed by atoms with Crippen molar-refractivity contribution in [1.29, 1.82) is 0 Å². The molecule has 1 fully saturated rings. The second-order valence-corrected chi connectivity index (χ2v) is 9.79. The van der Waals surface area contributed by atoms with E-state index < -0.39 is 18.0 Å². The maximum atomic E-state index is 13.9. The molecule has 2 amide bonds. The van der Waals surface area contributed by atoms with Gasteiger partial charge < -0.3 is 16.0 Å². The number of hydrogen-bond acceptors (Lipinski definition) is 3. The zero-order valence-corrected chi connectivity index (χ0v) is 21.3. The lowest BCUT2D eigenvalue weighted by atomic mass is 9.81. The summed E-state index contributed by atoms with van der Waals surface area (Å²) in [5, 5.41) is 3.07. The molecule has 34 heavy (non-hydrogen) atoms. The summed E-state index contributed by atoms with van der Waals surface area (Å²) in [5.41, 5.74) is 9.46. The summed E-state index contributed by atoms with van der Waals surface area (Å²) in [6.07, 6.45) is 10.1. The highest BCUT2D eigenvalue weighted by Gasteiger charge is 2.50. The second kappa shape index (κ2) is 12.1. The van der Waals surface area contributed by atoms with Crippen molar-refractivity contribution >= 4 is 11.8 Å². The first-order valence-electron chi connectivity index (χ1n) is 11.9. The van der Waals surface area contributed by atoms with Crippen molar-refractivity contribution in [2.75, 3.05) is 27.3 Å². The fourth-order valence-corrected chi connectivity index (χ4v) is 4.50. The van der Waals surface area contributed by atoms with Crippen LogP contribution in [0, 0.1) is 25.2 Å². The highest BCUT2D eigenvalue weighted by Crippen LogP contribution is 2.55. The number of halogens is 1. The van der Waals surface area contributed by atoms with Gasteiger partial charge in [-0.25, -0.2) is 0 Å². The number of nitrogens with zero attached hydrogens (tertiary/aromatic N) is 1. The molecule has 0 bridgehead atoms. The molecule has 1 aliphatic carbocycles. The molecule has 186 valence electrons. The monoisotopic (exact) mass is 469 g/mol. The number of carbonyl (C=O) groups is 2. The van der Waals surface area contributed by atoms with Crippen LogP contribution < -0.4 is 11.1 Å². The van der Waals surface area contributed by atoms with E-state index in [2.05, 4.69) is 16.8 Å². The number of aryl methyl sites for hydroxylation is 2. The Kier molecular flexibility index (Phi) is 9.80. The van der Waals surface area contributed by atoms with Crippen LogP contribution in [0.2, 0.25) is 0 Å². The molecule has 0 aromatic heterocycles. The van der Waals surface area contributed by atoms with Crippen molar-refractivity contribution in [1.82, 2.24) is 10.2 Å². The largest absolute Gasteiger partial charge is 0.366 e. The van der Waals surface area contributed by atoms with Gasteiger partial charge in [0.1, 0.15) is 0 Å². The van der Waals surface area contributed by atoms with Crippen LogP contribution in [-0.2, 0) is 11.2 Å². The summed E-state index contributed by atoms with van der Waals surface area (Å²) in [6, 6.07) is 3.70. The molecule has 3 N–H and O–H groups in total. The van der Waals surface area contributed by atoms with Crippen LogP contribution in [0.1, 0.15) is 53.2 Å². The minimum Gasteiger partial charge on any atom is -0.366 e. The molecule has 0 spiro atoms. The molecule has 1 aromatic carbocycles. The number of amides is 2. The van der Waals surface area contributed by atoms with Crippen LogP contribution in [0.25, 0.3) is 0 Å². The molecule has 0 unspecified atom stereocenters. The molecule has 0 saturated heterocycles. The van der Waals surface area contributed by atoms with E-state index in [9.17, 15) is 14.0 Å². The minimum atomic E-state index is -0.452. The zero-order chi connectivity index (χ0) is 25.5. The van der Waals surface area contributed by atoms with E-state index in [1.54, 1.807) is 0 Å². The number of hydrogen-bond donors (Lipinski definition) is 2. The molecule has 1 aromatic rings. The zero-order valence-electron chi connectivity index (χ0n) is 21.3. The van der Waals surface area contributed by atoms with Crippen LogP contribution in [0.4, 0.5) is 4.39 Å². The Morgan fingerprint density at radius 3 is 2.32 bits per heavy atom. The SMILES string of the molecule is C=C(/C=C\C=C/C)[C@H](CC(=O)NC[C@H](Cc1c(C)cc(C(N)=O)cc1C)N(C)C)C1(CF)CC1. The molecule has 6 heteroatoms. The Morgan fingerprint density at radius 2 is 1.85 bits per heavy atom. The van der Waals surface area contributed by atoms with Gasteiger partial charge in [-0.1, -0.05) is 36.5 Å². The molecule has 2 rings (SSSR count). The van der Waals surface area contributed by atoms with Gasteiger partial charge in [0.25, 0.3) is 0 Å². The van der Waals surface area contributed by atoms with E-state index in [0.29, 0.717) is 12.1 Å². The van der Waals surface area contributed by atoms with E-state index in [0.717, 1.165) is 41.5 Å². The van der Waals surface area contributed by atoms with Crippen molar-refractivity contribution in [2.45, 2.75) is 52.5 Å². The van der Waals surface area contributed by atoms with Crippen LogP contribution in [0.5, 0.6) is 0 Å². The summed E-state index contributed by atoms with van der Waals surface area (Å²) in [6.45, 7) is 10.1. The van der Waals surface area contributed by atoms with E-state index in [1.807, 2.05) is 71.3 Å². The molecule has 1 aliphatic rings. The number of benzene rings is 1. The Balaban J connectivity index is 2.08. The maximum Gasteiger partial charge on any atom is 0.248 e. The summed E-state index contributed by atoms with van der Waals surface area (Å²) in [4.78, 5) is 26.6. The molecule has 0 heterocycles. The Morgan fingerprint density at radius 1 is 1.24 bits per heavy atom. The van der Waals surface area contributed by atoms with E-state index >= 15 is 0 Å². The number of nitrogens with one attached hydrogen (secondary N) is 1. The van der Waals surface area contributed by atoms with Gasteiger partial charge >= 0.3 is 0 Å². The standard InChI is InChI=1S/C28H40FN3O2/c1-7-8-9-10-19(2)25(28(18-29)11-12-28)16-26(33)31-17-23(32(5)6)15-24-20(3)13-22(27(30)34)14-21(24)4/h7-10,13-14,23,25H,2,11-12,15-18H2,1,3-6H3,(H2,30,34)(H,31,33)/b8-7-,10-9-/t23-,25-/m0/s1. The number of alkyl halides is 1. The molecule has 0 radical (unpaired) electrons. The first-order valence-corrected chi connectivity index (χ1v) is 11.9. The van der Waals surface area contributed by atoms with Crippen LogP contribution >= 0.6 is 0 Å². The quantitative estimate of drug-likeness (QED) is 0.420. The fourth-order valence-electron chi connectivity index (χ4n) is 4.50. The van der Waals surface area contributed by atoms with Gasteiger partial charge in [0.2, 0.25) is 11.8 Å². The number of likely N-dealkylation sites (N-methyl/N-ethyl adjacent to an activating group) is 1. The van der Waals surface area contributed by atoms with Gasteiger partial charge in [0.15, 0.2) is 0 Å². The predicted octanol–water partition coefficient (Wildman–Crippen LogP) is 4.44. The lowest BCUT2D eigenvalue weighted by Crippen LogP contribution is -2.42. The van der Waals surface area contributed by atoms with Gasteiger partial charge in [-0.3, -0.25) is 14.0 Å². The van der Waals surface area contributed by atoms with Crippen molar-refractivity contribution < 1.29 is 14.0 Å². The molecule has 5 nitrogen and oxygen atoms in total. The Labute approximate surface area is 204 Å². The van der Waals surface area contributed by atoms with Crippen molar-refractivity contribution in [2.24, 2.45) is 17.1 Å². The second-order valence-electron chi connectivity index (χ2n) is 9.79. The Bertz CT molecular complexity index is 937. The molecule has 1 saturated carbocycles. The summed E-state index contributed by atoms with van der Waals surface area (Å²) >= 11 is 0. The van der Waals surface area contributed by atoms with Gasteiger partial charge in [-0.05, 0) is 83.0 Å². The number of carbonyl (C=O) groups excluding carboxylic acids is 2. The van der Waals surface area contributed by atoms with Gasteiger partial charge in [0, 0.05) is 35.9 Å². The van der Waals surface area contributed by atoms with Crippen molar-refractivity contribution in [3.05, 3.63) is 70.8 Å². The normalized spacial score (nSPS) is 16.7. The summed E-state index contributed by atoms with van der Waals surface area (Å²) in [7, 11) is 3.97. The molecular weight excluding hydrogens is 429 g/mol. The third-order valence-electron chi connectivity index (χ3n) is 7.03. The highest BCUT2D eigenvalue weighted by atomic mass is 19.1. The first-order chi connectivity index (χ1) is 16.0. The predicted molar refractivity (Wildman–Crippen MR) is 137 cm³/mol. The highest BCUT2D eigenvalue weighted by molar-refractivity contribution is 5.93. The summed E-state index contributed by atoms with van der Waals surface area (Å²) < 4.78 is 13.9. The number of nitrogens with two attached hydrogens (primary N) is 1. The number of primary amides is 1. The maximum absolute atomic E-state index is 13.9. The lowest BCUT2D eigenvalue weighted by Gasteiger charge is -2.28. The topological polar surface area (TPSA) is 75.4 Å². The fraction of sp³-hybridized carbons (Fsp3) is 0.500. The average molecular weight is 470 g/mol. The van der Waals surface area contributed by atoms with Gasteiger partial charge in [-0.15, -0.1) is 0 Å². The van der Waals surface area contributed by atoms with E-state index in [-0.39, 0.29) is 24.3 Å². The Hall–Kier alpha value is -2.73. The third kappa shape index (κ3) is 7.13. The van der Waals surface area contributed by atoms with Crippen LogP contribution in [-0.4, -0.2) is 50.1 Å². The number of rotatable bonds is 13. The minimum absolute atomic E-state index is 0.0630. The third-order valence-corrected chi connectivity index (χ3v) is 7.03. The smallest absolute Gasteiger partial charge is 0.248 e. The average Bonchev–Trinajstić information content (AvgIpc) is 3.57. The van der Waals surface area contributed by atoms with E-state index in [4.69, 9.17) is 5.73 Å². The lowest BCUT2D eigenvalue weighted by molar-refractivity contribution is -0.122. The summed E-state index contributed by atoms with van der Waals surface area (Å²) in [5.74, 6) is -0.732. The first kappa shape index (κ1) is 27.5. The van der Waals surface area contributed by atoms with Gasteiger partial charge in [-0.2, -0.15) is 0 Å². The van der Waals surface area contributed by atoms with Crippen molar-refractivity contribution in [3.8, 4) is 0 Å².